The van der Waals surface area contributed by atoms with E-state index in [1.807, 2.05) is 0 Å². The number of hydrogen-bond acceptors (Lipinski definition) is 5. The lowest BCUT2D eigenvalue weighted by atomic mass is 10.2. The summed E-state index contributed by atoms with van der Waals surface area (Å²) in [7, 11) is -3.37. The number of aromatic nitrogens is 2. The number of hydrogen-bond donors (Lipinski definition) is 2. The van der Waals surface area contributed by atoms with Crippen molar-refractivity contribution in [2.75, 3.05) is 12.0 Å². The Labute approximate surface area is 109 Å². The third-order valence-corrected chi connectivity index (χ3v) is 3.58. The Morgan fingerprint density at radius 1 is 1.42 bits per heavy atom. The number of carbonyl (C=O) groups is 1. The van der Waals surface area contributed by atoms with E-state index in [1.165, 1.54) is 35.3 Å². The molecule has 2 rings (SSSR count). The summed E-state index contributed by atoms with van der Waals surface area (Å²) in [6.07, 6.45) is 3.53. The van der Waals surface area contributed by atoms with Crippen molar-refractivity contribution in [3.63, 3.8) is 0 Å². The summed E-state index contributed by atoms with van der Waals surface area (Å²) in [5.41, 5.74) is 6.39. The third kappa shape index (κ3) is 2.58. The fraction of sp³-hybridized carbons (Fsp3) is 0.0909. The zero-order valence-corrected chi connectivity index (χ0v) is 10.8. The van der Waals surface area contributed by atoms with Gasteiger partial charge in [-0.2, -0.15) is 5.10 Å². The molecule has 0 aliphatic heterocycles. The number of benzene rings is 1. The van der Waals surface area contributed by atoms with E-state index in [9.17, 15) is 13.2 Å². The van der Waals surface area contributed by atoms with Crippen molar-refractivity contribution in [3.8, 4) is 5.69 Å². The summed E-state index contributed by atoms with van der Waals surface area (Å²) in [5.74, 6) is -1.10. The monoisotopic (exact) mass is 281 g/mol. The van der Waals surface area contributed by atoms with Gasteiger partial charge in [-0.25, -0.2) is 17.9 Å². The van der Waals surface area contributed by atoms with Gasteiger partial charge in [0.2, 0.25) is 0 Å². The molecule has 0 spiro atoms. The normalized spacial score (nSPS) is 11.4. The SMILES string of the molecule is CS(=O)(=O)c1cnn(-c2cc(C(=O)O)ccc2N)c1. The number of anilines is 1. The second-order valence-electron chi connectivity index (χ2n) is 3.97. The van der Waals surface area contributed by atoms with E-state index < -0.39 is 15.8 Å². The molecule has 1 aromatic heterocycles. The van der Waals surface area contributed by atoms with Gasteiger partial charge in [0, 0.05) is 12.5 Å². The molecular formula is C11H11N3O4S. The van der Waals surface area contributed by atoms with Crippen LogP contribution in [0.1, 0.15) is 10.4 Å². The average molecular weight is 281 g/mol. The minimum Gasteiger partial charge on any atom is -0.478 e. The van der Waals surface area contributed by atoms with E-state index in [0.29, 0.717) is 11.4 Å². The maximum Gasteiger partial charge on any atom is 0.335 e. The summed E-state index contributed by atoms with van der Waals surface area (Å²) in [4.78, 5) is 10.9. The van der Waals surface area contributed by atoms with Crippen molar-refractivity contribution in [3.05, 3.63) is 36.2 Å². The second-order valence-corrected chi connectivity index (χ2v) is 5.99. The minimum atomic E-state index is -3.37. The summed E-state index contributed by atoms with van der Waals surface area (Å²) in [6.45, 7) is 0. The first kappa shape index (κ1) is 13.1. The van der Waals surface area contributed by atoms with Gasteiger partial charge in [0.1, 0.15) is 4.90 Å². The molecule has 0 bridgehead atoms. The van der Waals surface area contributed by atoms with Crippen LogP contribution in [0.15, 0.2) is 35.5 Å². The summed E-state index contributed by atoms with van der Waals surface area (Å²) >= 11 is 0. The van der Waals surface area contributed by atoms with Gasteiger partial charge in [-0.05, 0) is 18.2 Å². The standard InChI is InChI=1S/C11H11N3O4S/c1-19(17,18)8-5-13-14(6-8)10-4-7(11(15)16)2-3-9(10)12/h2-6H,12H2,1H3,(H,15,16). The zero-order chi connectivity index (χ0) is 14.2. The second kappa shape index (κ2) is 4.39. The Kier molecular flexibility index (Phi) is 3.03. The van der Waals surface area contributed by atoms with E-state index in [-0.39, 0.29) is 10.5 Å². The molecule has 7 nitrogen and oxygen atoms in total. The van der Waals surface area contributed by atoms with Crippen molar-refractivity contribution in [2.24, 2.45) is 0 Å². The number of sulfone groups is 1. The first-order chi connectivity index (χ1) is 8.79. The third-order valence-electron chi connectivity index (χ3n) is 2.51. The van der Waals surface area contributed by atoms with Crippen LogP contribution in [0, 0.1) is 0 Å². The lowest BCUT2D eigenvalue weighted by Crippen LogP contribution is -2.04. The highest BCUT2D eigenvalue weighted by Crippen LogP contribution is 2.20. The molecule has 0 unspecified atom stereocenters. The largest absolute Gasteiger partial charge is 0.478 e. The predicted molar refractivity (Wildman–Crippen MR) is 68.0 cm³/mol. The van der Waals surface area contributed by atoms with Gasteiger partial charge in [-0.1, -0.05) is 0 Å². The fourth-order valence-electron chi connectivity index (χ4n) is 1.50. The molecule has 100 valence electrons. The molecular weight excluding hydrogens is 270 g/mol. The molecule has 0 aliphatic rings. The average Bonchev–Trinajstić information content (AvgIpc) is 2.78. The van der Waals surface area contributed by atoms with Gasteiger partial charge in [0.25, 0.3) is 0 Å². The van der Waals surface area contributed by atoms with Crippen LogP contribution in [0.5, 0.6) is 0 Å². The summed E-state index contributed by atoms with van der Waals surface area (Å²) < 4.78 is 24.0. The van der Waals surface area contributed by atoms with E-state index in [4.69, 9.17) is 10.8 Å². The summed E-state index contributed by atoms with van der Waals surface area (Å²) in [5, 5.41) is 12.8. The highest BCUT2D eigenvalue weighted by atomic mass is 32.2. The number of carboxylic acids is 1. The molecule has 0 radical (unpaired) electrons. The Morgan fingerprint density at radius 2 is 2.11 bits per heavy atom. The zero-order valence-electron chi connectivity index (χ0n) is 9.94. The molecule has 0 saturated carbocycles. The van der Waals surface area contributed by atoms with E-state index in [0.717, 1.165) is 6.26 Å². The van der Waals surface area contributed by atoms with Crippen molar-refractivity contribution < 1.29 is 18.3 Å². The van der Waals surface area contributed by atoms with Crippen molar-refractivity contribution in [1.29, 1.82) is 0 Å². The van der Waals surface area contributed by atoms with E-state index in [1.54, 1.807) is 0 Å². The number of nitrogens with two attached hydrogens (primary N) is 1. The van der Waals surface area contributed by atoms with Crippen LogP contribution >= 0.6 is 0 Å². The first-order valence-corrected chi connectivity index (χ1v) is 7.06. The van der Waals surface area contributed by atoms with Gasteiger partial charge in [-0.15, -0.1) is 0 Å². The molecule has 0 atom stereocenters. The quantitative estimate of drug-likeness (QED) is 0.794. The lowest BCUT2D eigenvalue weighted by Gasteiger charge is -2.06. The van der Waals surface area contributed by atoms with Gasteiger partial charge >= 0.3 is 5.97 Å². The molecule has 3 N–H and O–H groups in total. The van der Waals surface area contributed by atoms with Crippen LogP contribution in [0.2, 0.25) is 0 Å². The molecule has 2 aromatic rings. The maximum absolute atomic E-state index is 11.4. The van der Waals surface area contributed by atoms with Gasteiger partial charge < -0.3 is 10.8 Å². The first-order valence-electron chi connectivity index (χ1n) is 5.17. The molecule has 8 heteroatoms. The number of carboxylic acid groups (broad SMARTS) is 1. The molecule has 19 heavy (non-hydrogen) atoms. The van der Waals surface area contributed by atoms with Crippen LogP contribution < -0.4 is 5.73 Å². The smallest absolute Gasteiger partial charge is 0.335 e. The summed E-state index contributed by atoms with van der Waals surface area (Å²) in [6, 6.07) is 4.12. The van der Waals surface area contributed by atoms with Crippen LogP contribution in [0.4, 0.5) is 5.69 Å². The topological polar surface area (TPSA) is 115 Å². The lowest BCUT2D eigenvalue weighted by molar-refractivity contribution is 0.0697. The van der Waals surface area contributed by atoms with Crippen LogP contribution in [-0.2, 0) is 9.84 Å². The predicted octanol–water partition coefficient (Wildman–Crippen LogP) is 0.556. The molecule has 1 heterocycles. The number of rotatable bonds is 3. The number of nitrogens with zero attached hydrogens (tertiary/aromatic N) is 2. The molecule has 0 amide bonds. The van der Waals surface area contributed by atoms with Crippen molar-refractivity contribution in [1.82, 2.24) is 9.78 Å². The van der Waals surface area contributed by atoms with Crippen LogP contribution in [0.25, 0.3) is 5.69 Å². The number of aromatic carboxylic acids is 1. The van der Waals surface area contributed by atoms with Crippen LogP contribution in [-0.4, -0.2) is 35.5 Å². The van der Waals surface area contributed by atoms with Crippen molar-refractivity contribution >= 4 is 21.5 Å². The molecule has 0 saturated heterocycles. The van der Waals surface area contributed by atoms with Gasteiger partial charge in [0.05, 0.1) is 23.1 Å². The van der Waals surface area contributed by atoms with Gasteiger partial charge in [0.15, 0.2) is 9.84 Å². The highest BCUT2D eigenvalue weighted by Gasteiger charge is 2.13. The molecule has 0 aliphatic carbocycles. The Morgan fingerprint density at radius 3 is 2.63 bits per heavy atom. The van der Waals surface area contributed by atoms with E-state index in [2.05, 4.69) is 5.10 Å². The van der Waals surface area contributed by atoms with Crippen molar-refractivity contribution in [2.45, 2.75) is 4.90 Å². The Balaban J connectivity index is 2.56. The fourth-order valence-corrected chi connectivity index (χ4v) is 2.03. The van der Waals surface area contributed by atoms with Crippen LogP contribution in [0.3, 0.4) is 0 Å². The van der Waals surface area contributed by atoms with E-state index >= 15 is 0 Å². The number of nitrogen functional groups attached to an aromatic ring is 1. The Hall–Kier alpha value is -2.35. The molecule has 1 aromatic carbocycles. The van der Waals surface area contributed by atoms with Gasteiger partial charge in [-0.3, -0.25) is 0 Å². The maximum atomic E-state index is 11.4. The molecule has 0 fully saturated rings. The Bertz CT molecular complexity index is 749. The minimum absolute atomic E-state index is 0.0348. The highest BCUT2D eigenvalue weighted by molar-refractivity contribution is 7.90.